The van der Waals surface area contributed by atoms with Crippen LogP contribution in [0, 0.1) is 11.8 Å². The van der Waals surface area contributed by atoms with Gasteiger partial charge in [0.1, 0.15) is 31.6 Å². The first-order valence-electron chi connectivity index (χ1n) is 12.3. The van der Waals surface area contributed by atoms with E-state index in [1.165, 1.54) is 39.8 Å². The number of β-lactam (4-membered cyclic amide) rings is 1. The Morgan fingerprint density at radius 1 is 1.11 bits per heavy atom. The molecule has 2 fully saturated rings. The second kappa shape index (κ2) is 13.0. The highest BCUT2D eigenvalue weighted by atomic mass is 32.2. The molecule has 0 aromatic rings. The summed E-state index contributed by atoms with van der Waals surface area (Å²) in [5, 5.41) is 9.68. The molecule has 3 rings (SSSR count). The Labute approximate surface area is 226 Å². The Balaban J connectivity index is 1.81. The van der Waals surface area contributed by atoms with Crippen LogP contribution in [-0.2, 0) is 28.5 Å². The van der Waals surface area contributed by atoms with Crippen LogP contribution in [0.4, 0.5) is 9.59 Å². The van der Waals surface area contributed by atoms with E-state index in [2.05, 4.69) is 19.7 Å². The average Bonchev–Trinajstić information content (AvgIpc) is 3.41. The van der Waals surface area contributed by atoms with Crippen molar-refractivity contribution in [2.45, 2.75) is 43.7 Å². The fourth-order valence-electron chi connectivity index (χ4n) is 4.99. The fraction of sp³-hybridized carbons (Fsp3) is 0.538. The number of hydrogen-bond donors (Lipinski definition) is 1. The fourth-order valence-corrected chi connectivity index (χ4v) is 6.55. The summed E-state index contributed by atoms with van der Waals surface area (Å²) in [5.74, 6) is -1.98. The molecular formula is C26H34N2O9S. The molecule has 0 saturated carbocycles. The maximum absolute atomic E-state index is 13.2. The summed E-state index contributed by atoms with van der Waals surface area (Å²) in [6, 6.07) is -0.873. The second-order valence-electron chi connectivity index (χ2n) is 9.12. The standard InChI is InChI=1S/C26H34N2O9S/c1-6-9-34-24(31)21-22(38-18-12-17(14-29)27(13-18)25(32)35-10-7-2)15(4)20-19(23(30)28(20)21)16(5)37-26(33)36-11-8-3/h6-8,15-20,29H,1-3,9-14H2,4-5H3/t15-,16-,17+,18+,19-,20-/m1/s1. The molecule has 2 amide bonds. The van der Waals surface area contributed by atoms with Gasteiger partial charge in [0.25, 0.3) is 0 Å². The third kappa shape index (κ3) is 5.91. The lowest BCUT2D eigenvalue weighted by Crippen LogP contribution is -2.64. The van der Waals surface area contributed by atoms with E-state index in [0.717, 1.165) is 0 Å². The molecule has 12 heteroatoms. The van der Waals surface area contributed by atoms with Gasteiger partial charge in [-0.15, -0.1) is 11.8 Å². The Morgan fingerprint density at radius 2 is 1.74 bits per heavy atom. The molecule has 38 heavy (non-hydrogen) atoms. The molecule has 3 aliphatic heterocycles. The van der Waals surface area contributed by atoms with Gasteiger partial charge in [-0.05, 0) is 13.3 Å². The number of carbonyl (C=O) groups excluding carboxylic acids is 4. The number of thioether (sulfide) groups is 1. The number of carbonyl (C=O) groups is 4. The van der Waals surface area contributed by atoms with Crippen molar-refractivity contribution >= 4 is 35.9 Å². The number of aliphatic hydroxyl groups excluding tert-OH is 1. The summed E-state index contributed by atoms with van der Waals surface area (Å²) in [6.07, 6.45) is 2.50. The lowest BCUT2D eigenvalue weighted by atomic mass is 9.79. The largest absolute Gasteiger partial charge is 0.508 e. The maximum Gasteiger partial charge on any atom is 0.508 e. The van der Waals surface area contributed by atoms with E-state index in [-0.39, 0.29) is 55.7 Å². The van der Waals surface area contributed by atoms with Gasteiger partial charge in [0.2, 0.25) is 5.91 Å². The number of esters is 1. The van der Waals surface area contributed by atoms with Crippen molar-refractivity contribution in [3.05, 3.63) is 48.6 Å². The number of rotatable bonds is 12. The van der Waals surface area contributed by atoms with Gasteiger partial charge >= 0.3 is 18.2 Å². The summed E-state index contributed by atoms with van der Waals surface area (Å²) >= 11 is 1.38. The third-order valence-electron chi connectivity index (χ3n) is 6.66. The van der Waals surface area contributed by atoms with E-state index >= 15 is 0 Å². The molecule has 208 valence electrons. The van der Waals surface area contributed by atoms with Gasteiger partial charge in [0, 0.05) is 22.6 Å². The number of likely N-dealkylation sites (tertiary alicyclic amines) is 1. The zero-order chi connectivity index (χ0) is 28.0. The van der Waals surface area contributed by atoms with Crippen LogP contribution in [0.1, 0.15) is 20.3 Å². The normalized spacial score (nSPS) is 26.7. The molecular weight excluding hydrogens is 516 g/mol. The van der Waals surface area contributed by atoms with Crippen LogP contribution in [-0.4, -0.2) is 95.4 Å². The molecule has 0 radical (unpaired) electrons. The summed E-state index contributed by atoms with van der Waals surface area (Å²) in [5.41, 5.74) is 0.144. The minimum Gasteiger partial charge on any atom is -0.457 e. The predicted molar refractivity (Wildman–Crippen MR) is 139 cm³/mol. The first-order valence-corrected chi connectivity index (χ1v) is 13.2. The van der Waals surface area contributed by atoms with Crippen molar-refractivity contribution in [2.75, 3.05) is 33.0 Å². The first kappa shape index (κ1) is 29.3. The van der Waals surface area contributed by atoms with Crippen LogP contribution in [0.15, 0.2) is 48.6 Å². The molecule has 0 aromatic heterocycles. The Morgan fingerprint density at radius 3 is 2.37 bits per heavy atom. The minimum absolute atomic E-state index is 0.0217. The third-order valence-corrected chi connectivity index (χ3v) is 8.15. The maximum atomic E-state index is 13.2. The van der Waals surface area contributed by atoms with Gasteiger partial charge in [-0.2, -0.15) is 0 Å². The highest BCUT2D eigenvalue weighted by molar-refractivity contribution is 8.03. The zero-order valence-electron chi connectivity index (χ0n) is 21.6. The van der Waals surface area contributed by atoms with Crippen LogP contribution < -0.4 is 0 Å². The molecule has 0 spiro atoms. The first-order chi connectivity index (χ1) is 18.2. The summed E-state index contributed by atoms with van der Waals surface area (Å²) in [6.45, 7) is 14.1. The Hall–Kier alpha value is -3.25. The van der Waals surface area contributed by atoms with Crippen molar-refractivity contribution in [3.63, 3.8) is 0 Å². The minimum atomic E-state index is -0.910. The van der Waals surface area contributed by atoms with E-state index in [0.29, 0.717) is 11.3 Å². The van der Waals surface area contributed by atoms with E-state index in [9.17, 15) is 24.3 Å². The van der Waals surface area contributed by atoms with Crippen LogP contribution in [0.3, 0.4) is 0 Å². The number of hydrogen-bond acceptors (Lipinski definition) is 10. The van der Waals surface area contributed by atoms with Crippen LogP contribution in [0.25, 0.3) is 0 Å². The average molecular weight is 551 g/mol. The summed E-state index contributed by atoms with van der Waals surface area (Å²) < 4.78 is 20.6. The van der Waals surface area contributed by atoms with E-state index < -0.39 is 42.3 Å². The molecule has 6 atom stereocenters. The molecule has 11 nitrogen and oxygen atoms in total. The molecule has 0 aromatic carbocycles. The Kier molecular flexibility index (Phi) is 10.0. The number of aliphatic hydroxyl groups is 1. The summed E-state index contributed by atoms with van der Waals surface area (Å²) in [7, 11) is 0. The summed E-state index contributed by atoms with van der Waals surface area (Å²) in [4.78, 5) is 54.2. The molecule has 0 bridgehead atoms. The lowest BCUT2D eigenvalue weighted by molar-refractivity contribution is -0.164. The van der Waals surface area contributed by atoms with Crippen LogP contribution in [0.2, 0.25) is 0 Å². The van der Waals surface area contributed by atoms with Crippen molar-refractivity contribution < 1.29 is 43.2 Å². The van der Waals surface area contributed by atoms with Gasteiger partial charge < -0.3 is 33.9 Å². The predicted octanol–water partition coefficient (Wildman–Crippen LogP) is 2.62. The van der Waals surface area contributed by atoms with Crippen molar-refractivity contribution in [2.24, 2.45) is 11.8 Å². The van der Waals surface area contributed by atoms with E-state index in [4.69, 9.17) is 18.9 Å². The second-order valence-corrected chi connectivity index (χ2v) is 10.5. The van der Waals surface area contributed by atoms with E-state index in [1.54, 1.807) is 6.92 Å². The SMILES string of the molecule is C=CCOC(=O)O[C@H](C)[C@H]1C(=O)N2C(C(=O)OCC=C)=C(S[C@H]3C[C@@H](CO)N(C(=O)OCC=C)C3)[C@H](C)[C@H]12. The lowest BCUT2D eigenvalue weighted by Gasteiger charge is -2.47. The monoisotopic (exact) mass is 550 g/mol. The quantitative estimate of drug-likeness (QED) is 0.167. The molecule has 0 unspecified atom stereocenters. The molecule has 3 aliphatic rings. The molecule has 1 N–H and O–H groups in total. The van der Waals surface area contributed by atoms with Crippen molar-refractivity contribution in [3.8, 4) is 0 Å². The van der Waals surface area contributed by atoms with Crippen LogP contribution >= 0.6 is 11.8 Å². The van der Waals surface area contributed by atoms with Crippen LogP contribution in [0.5, 0.6) is 0 Å². The Bertz CT molecular complexity index is 1010. The smallest absolute Gasteiger partial charge is 0.457 e. The van der Waals surface area contributed by atoms with Gasteiger partial charge in [-0.25, -0.2) is 14.4 Å². The highest BCUT2D eigenvalue weighted by Crippen LogP contribution is 2.52. The number of nitrogens with zero attached hydrogens (tertiary/aromatic N) is 2. The van der Waals surface area contributed by atoms with Crippen molar-refractivity contribution in [1.82, 2.24) is 9.80 Å². The highest BCUT2D eigenvalue weighted by Gasteiger charge is 2.61. The number of fused-ring (bicyclic) bond motifs is 1. The van der Waals surface area contributed by atoms with Gasteiger partial charge in [0.15, 0.2) is 0 Å². The van der Waals surface area contributed by atoms with Gasteiger partial charge in [0.05, 0.1) is 24.6 Å². The van der Waals surface area contributed by atoms with Gasteiger partial charge in [-0.1, -0.05) is 44.9 Å². The zero-order valence-corrected chi connectivity index (χ0v) is 22.4. The topological polar surface area (TPSA) is 132 Å². The van der Waals surface area contributed by atoms with E-state index in [1.807, 2.05) is 6.92 Å². The van der Waals surface area contributed by atoms with Gasteiger partial charge in [-0.3, -0.25) is 4.79 Å². The molecule has 3 heterocycles. The van der Waals surface area contributed by atoms with Crippen molar-refractivity contribution in [1.29, 1.82) is 0 Å². The molecule has 0 aliphatic carbocycles. The molecule has 2 saturated heterocycles. The number of ether oxygens (including phenoxy) is 4. The number of amides is 2.